The molecule has 0 amide bonds. The highest BCUT2D eigenvalue weighted by atomic mass is 16.5. The highest BCUT2D eigenvalue weighted by molar-refractivity contribution is 5.82. The Kier molecular flexibility index (Phi) is 5.62. The van der Waals surface area contributed by atoms with Crippen LogP contribution in [0.25, 0.3) is 16.8 Å². The van der Waals surface area contributed by atoms with E-state index in [1.807, 2.05) is 54.8 Å². The summed E-state index contributed by atoms with van der Waals surface area (Å²) >= 11 is 0. The molecule has 0 saturated carbocycles. The summed E-state index contributed by atoms with van der Waals surface area (Å²) < 4.78 is 17.8. The molecular formula is C23H25N5O3. The number of aryl methyl sites for hydroxylation is 2. The summed E-state index contributed by atoms with van der Waals surface area (Å²) in [4.78, 5) is 9.03. The molecule has 0 bridgehead atoms. The van der Waals surface area contributed by atoms with E-state index in [2.05, 4.69) is 10.3 Å². The van der Waals surface area contributed by atoms with Crippen LogP contribution < -0.4 is 19.5 Å². The average Bonchev–Trinajstić information content (AvgIpc) is 3.12. The number of pyridine rings is 1. The number of methoxy groups -OCH3 is 3. The number of rotatable bonds is 7. The number of ether oxygens (including phenoxy) is 3. The first-order chi connectivity index (χ1) is 15.0. The van der Waals surface area contributed by atoms with Gasteiger partial charge in [-0.25, -0.2) is 9.97 Å². The van der Waals surface area contributed by atoms with E-state index in [0.717, 1.165) is 39.5 Å². The summed E-state index contributed by atoms with van der Waals surface area (Å²) in [5.41, 5.74) is 5.50. The summed E-state index contributed by atoms with van der Waals surface area (Å²) in [5.74, 6) is 2.79. The molecule has 8 nitrogen and oxygen atoms in total. The monoisotopic (exact) mass is 419 g/mol. The molecule has 0 fully saturated rings. The van der Waals surface area contributed by atoms with Gasteiger partial charge in [0.05, 0.1) is 27.0 Å². The quantitative estimate of drug-likeness (QED) is 0.484. The molecule has 4 rings (SSSR count). The van der Waals surface area contributed by atoms with Gasteiger partial charge < -0.3 is 19.5 Å². The van der Waals surface area contributed by atoms with Gasteiger partial charge in [-0.15, -0.1) is 0 Å². The average molecular weight is 419 g/mol. The Labute approximate surface area is 180 Å². The van der Waals surface area contributed by atoms with Gasteiger partial charge in [0.15, 0.2) is 17.1 Å². The lowest BCUT2D eigenvalue weighted by Gasteiger charge is -2.11. The second-order valence-corrected chi connectivity index (χ2v) is 7.11. The fourth-order valence-corrected chi connectivity index (χ4v) is 3.53. The molecule has 0 aliphatic rings. The lowest BCUT2D eigenvalue weighted by Crippen LogP contribution is -2.07. The van der Waals surface area contributed by atoms with Crippen LogP contribution in [0.15, 0.2) is 42.6 Å². The van der Waals surface area contributed by atoms with Crippen molar-refractivity contribution in [2.45, 2.75) is 20.4 Å². The predicted molar refractivity (Wildman–Crippen MR) is 119 cm³/mol. The van der Waals surface area contributed by atoms with Crippen LogP contribution in [0, 0.1) is 13.8 Å². The van der Waals surface area contributed by atoms with Crippen LogP contribution in [0.3, 0.4) is 0 Å². The van der Waals surface area contributed by atoms with Gasteiger partial charge >= 0.3 is 0 Å². The predicted octanol–water partition coefficient (Wildman–Crippen LogP) is 4.05. The molecule has 160 valence electrons. The first-order valence-electron chi connectivity index (χ1n) is 9.86. The van der Waals surface area contributed by atoms with Crippen LogP contribution in [-0.2, 0) is 6.54 Å². The smallest absolute Gasteiger partial charge is 0.212 e. The number of hydrogen-bond acceptors (Lipinski definition) is 7. The van der Waals surface area contributed by atoms with Crippen molar-refractivity contribution in [2.75, 3.05) is 26.6 Å². The normalized spacial score (nSPS) is 10.9. The van der Waals surface area contributed by atoms with E-state index in [9.17, 15) is 0 Å². The third-order valence-electron chi connectivity index (χ3n) is 5.04. The number of nitrogens with zero attached hydrogens (tertiary/aromatic N) is 4. The van der Waals surface area contributed by atoms with Crippen LogP contribution in [-0.4, -0.2) is 40.9 Å². The van der Waals surface area contributed by atoms with Gasteiger partial charge in [0.25, 0.3) is 0 Å². The van der Waals surface area contributed by atoms with Crippen LogP contribution in [0.4, 0.5) is 5.82 Å². The number of hydrogen-bond donors (Lipinski definition) is 1. The van der Waals surface area contributed by atoms with E-state index in [-0.39, 0.29) is 0 Å². The molecule has 8 heteroatoms. The molecule has 0 unspecified atom stereocenters. The molecule has 0 saturated heterocycles. The molecule has 0 aliphatic heterocycles. The molecule has 3 aromatic heterocycles. The standard InChI is InChI=1S/C23H25N5O3/c1-14-10-20(24-12-16-6-9-21(31-5)25-13-16)28-23(26-14)22(15(2)27-28)17-7-8-18(29-3)19(11-17)30-4/h6-11,13,24H,12H2,1-5H3. The van der Waals surface area contributed by atoms with Gasteiger partial charge in [0, 0.05) is 36.1 Å². The Morgan fingerprint density at radius 1 is 0.935 bits per heavy atom. The van der Waals surface area contributed by atoms with E-state index in [1.165, 1.54) is 0 Å². The summed E-state index contributed by atoms with van der Waals surface area (Å²) in [6.07, 6.45) is 1.79. The molecule has 1 aromatic carbocycles. The second-order valence-electron chi connectivity index (χ2n) is 7.11. The zero-order valence-electron chi connectivity index (χ0n) is 18.3. The third-order valence-corrected chi connectivity index (χ3v) is 5.04. The second kappa shape index (κ2) is 8.51. The first kappa shape index (κ1) is 20.5. The molecule has 31 heavy (non-hydrogen) atoms. The van der Waals surface area contributed by atoms with E-state index in [1.54, 1.807) is 27.5 Å². The molecule has 0 spiro atoms. The van der Waals surface area contributed by atoms with Crippen molar-refractivity contribution in [3.63, 3.8) is 0 Å². The Morgan fingerprint density at radius 2 is 1.74 bits per heavy atom. The largest absolute Gasteiger partial charge is 0.493 e. The summed E-state index contributed by atoms with van der Waals surface area (Å²) in [6.45, 7) is 4.55. The van der Waals surface area contributed by atoms with Crippen LogP contribution in [0.5, 0.6) is 17.4 Å². The number of fused-ring (bicyclic) bond motifs is 1. The molecule has 3 heterocycles. The zero-order chi connectivity index (χ0) is 22.0. The van der Waals surface area contributed by atoms with E-state index in [4.69, 9.17) is 24.3 Å². The minimum absolute atomic E-state index is 0.591. The first-order valence-corrected chi connectivity index (χ1v) is 9.86. The lowest BCUT2D eigenvalue weighted by atomic mass is 10.1. The molecular weight excluding hydrogens is 394 g/mol. The van der Waals surface area contributed by atoms with Crippen molar-refractivity contribution in [1.82, 2.24) is 19.6 Å². The van der Waals surface area contributed by atoms with Crippen molar-refractivity contribution in [1.29, 1.82) is 0 Å². The Bertz CT molecular complexity index is 1220. The summed E-state index contributed by atoms with van der Waals surface area (Å²) in [6, 6.07) is 11.6. The molecule has 0 aliphatic carbocycles. The molecule has 4 aromatic rings. The van der Waals surface area contributed by atoms with E-state index >= 15 is 0 Å². The lowest BCUT2D eigenvalue weighted by molar-refractivity contribution is 0.355. The maximum absolute atomic E-state index is 5.48. The maximum atomic E-state index is 5.48. The van der Waals surface area contributed by atoms with Crippen molar-refractivity contribution in [3.8, 4) is 28.5 Å². The Hall–Kier alpha value is -3.81. The molecule has 0 radical (unpaired) electrons. The van der Waals surface area contributed by atoms with Crippen molar-refractivity contribution >= 4 is 11.5 Å². The Morgan fingerprint density at radius 3 is 2.42 bits per heavy atom. The molecule has 1 N–H and O–H groups in total. The zero-order valence-corrected chi connectivity index (χ0v) is 18.3. The van der Waals surface area contributed by atoms with Crippen LogP contribution in [0.1, 0.15) is 17.0 Å². The number of benzene rings is 1. The maximum Gasteiger partial charge on any atom is 0.212 e. The molecule has 0 atom stereocenters. The number of anilines is 1. The SMILES string of the molecule is COc1ccc(CNc2cc(C)nc3c(-c4ccc(OC)c(OC)c4)c(C)nn23)cn1. The van der Waals surface area contributed by atoms with Crippen molar-refractivity contribution in [2.24, 2.45) is 0 Å². The summed E-state index contributed by atoms with van der Waals surface area (Å²) in [5, 5.41) is 8.20. The highest BCUT2D eigenvalue weighted by Gasteiger charge is 2.18. The summed E-state index contributed by atoms with van der Waals surface area (Å²) in [7, 11) is 4.86. The number of aromatic nitrogens is 4. The van der Waals surface area contributed by atoms with Gasteiger partial charge in [0.1, 0.15) is 5.82 Å². The van der Waals surface area contributed by atoms with Crippen LogP contribution >= 0.6 is 0 Å². The van der Waals surface area contributed by atoms with Crippen molar-refractivity contribution < 1.29 is 14.2 Å². The minimum Gasteiger partial charge on any atom is -0.493 e. The number of nitrogens with one attached hydrogen (secondary N) is 1. The fraction of sp³-hybridized carbons (Fsp3) is 0.261. The topological polar surface area (TPSA) is 82.8 Å². The van der Waals surface area contributed by atoms with Gasteiger partial charge in [-0.05, 0) is 37.1 Å². The van der Waals surface area contributed by atoms with Gasteiger partial charge in [-0.2, -0.15) is 9.61 Å². The highest BCUT2D eigenvalue weighted by Crippen LogP contribution is 2.35. The minimum atomic E-state index is 0.591. The van der Waals surface area contributed by atoms with E-state index < -0.39 is 0 Å². The van der Waals surface area contributed by atoms with Gasteiger partial charge in [-0.1, -0.05) is 12.1 Å². The van der Waals surface area contributed by atoms with Crippen LogP contribution in [0.2, 0.25) is 0 Å². The van der Waals surface area contributed by atoms with E-state index in [0.29, 0.717) is 23.9 Å². The fourth-order valence-electron chi connectivity index (χ4n) is 3.53. The third kappa shape index (κ3) is 3.96. The van der Waals surface area contributed by atoms with Crippen molar-refractivity contribution in [3.05, 3.63) is 59.5 Å². The van der Waals surface area contributed by atoms with Gasteiger partial charge in [-0.3, -0.25) is 0 Å². The Balaban J connectivity index is 1.73. The van der Waals surface area contributed by atoms with Gasteiger partial charge in [0.2, 0.25) is 5.88 Å².